The van der Waals surface area contributed by atoms with Gasteiger partial charge >= 0.3 is 5.97 Å². The summed E-state index contributed by atoms with van der Waals surface area (Å²) >= 11 is 2.29. The van der Waals surface area contributed by atoms with Gasteiger partial charge in [-0.3, -0.25) is 19.6 Å². The summed E-state index contributed by atoms with van der Waals surface area (Å²) in [5.74, 6) is -0.833. The third-order valence-corrected chi connectivity index (χ3v) is 7.13. The number of nitrogens with zero attached hydrogens (tertiary/aromatic N) is 1. The molecule has 0 bridgehead atoms. The maximum atomic E-state index is 12.5. The van der Waals surface area contributed by atoms with Crippen molar-refractivity contribution in [3.05, 3.63) is 58.4 Å². The van der Waals surface area contributed by atoms with Crippen LogP contribution in [0.3, 0.4) is 0 Å². The van der Waals surface area contributed by atoms with Crippen LogP contribution in [0, 0.1) is 0 Å². The topological polar surface area (TPSA) is 114 Å². The smallest absolute Gasteiger partial charge is 0.311 e. The van der Waals surface area contributed by atoms with Crippen LogP contribution in [0.5, 0.6) is 0 Å². The van der Waals surface area contributed by atoms with Crippen LogP contribution in [0.4, 0.5) is 10.8 Å². The number of aromatic nitrogens is 1. The van der Waals surface area contributed by atoms with E-state index in [1.165, 1.54) is 23.5 Å². The van der Waals surface area contributed by atoms with Gasteiger partial charge in [0.2, 0.25) is 0 Å². The highest BCUT2D eigenvalue weighted by Gasteiger charge is 2.17. The Kier molecular flexibility index (Phi) is 6.62. The zero-order valence-corrected chi connectivity index (χ0v) is 17.7. The van der Waals surface area contributed by atoms with Gasteiger partial charge in [-0.2, -0.15) is 0 Å². The predicted octanol–water partition coefficient (Wildman–Crippen LogP) is 3.36. The SMILES string of the molecule is CCOC(=O)Cc1csc(NC(=O)c2cccc(NS(=O)(=O)c3cccs3)c2)n1. The van der Waals surface area contributed by atoms with Crippen LogP contribution in [0.15, 0.2) is 51.4 Å². The monoisotopic (exact) mass is 451 g/mol. The molecule has 0 radical (unpaired) electrons. The molecule has 2 N–H and O–H groups in total. The quantitative estimate of drug-likeness (QED) is 0.508. The number of sulfonamides is 1. The molecule has 3 aromatic rings. The number of benzene rings is 1. The second-order valence-electron chi connectivity index (χ2n) is 5.70. The number of amides is 1. The Balaban J connectivity index is 1.67. The summed E-state index contributed by atoms with van der Waals surface area (Å²) in [5, 5.41) is 6.31. The summed E-state index contributed by atoms with van der Waals surface area (Å²) in [6.07, 6.45) is 0.0280. The minimum absolute atomic E-state index is 0.0280. The van der Waals surface area contributed by atoms with Crippen molar-refractivity contribution >= 4 is 55.4 Å². The Morgan fingerprint density at radius 2 is 2.00 bits per heavy atom. The van der Waals surface area contributed by atoms with E-state index >= 15 is 0 Å². The number of carbonyl (C=O) groups excluding carboxylic acids is 2. The largest absolute Gasteiger partial charge is 0.466 e. The van der Waals surface area contributed by atoms with E-state index in [-0.39, 0.29) is 27.9 Å². The Labute approximate surface area is 175 Å². The number of thiophene rings is 1. The Hall–Kier alpha value is -2.76. The summed E-state index contributed by atoms with van der Waals surface area (Å²) in [7, 11) is -3.70. The number of carbonyl (C=O) groups is 2. The first-order valence-corrected chi connectivity index (χ1v) is 11.7. The molecule has 1 aromatic carbocycles. The lowest BCUT2D eigenvalue weighted by Gasteiger charge is -2.08. The highest BCUT2D eigenvalue weighted by Crippen LogP contribution is 2.22. The highest BCUT2D eigenvalue weighted by atomic mass is 32.2. The minimum Gasteiger partial charge on any atom is -0.466 e. The van der Waals surface area contributed by atoms with Gasteiger partial charge in [-0.1, -0.05) is 12.1 Å². The zero-order chi connectivity index (χ0) is 20.9. The fourth-order valence-electron chi connectivity index (χ4n) is 2.32. The van der Waals surface area contributed by atoms with E-state index in [0.717, 1.165) is 11.3 Å². The normalized spacial score (nSPS) is 11.1. The number of esters is 1. The van der Waals surface area contributed by atoms with E-state index in [4.69, 9.17) is 4.74 Å². The molecule has 0 aliphatic carbocycles. The van der Waals surface area contributed by atoms with Crippen molar-refractivity contribution in [1.29, 1.82) is 0 Å². The average molecular weight is 452 g/mol. The molecule has 0 atom stereocenters. The first kappa shape index (κ1) is 21.0. The van der Waals surface area contributed by atoms with Gasteiger partial charge in [0.15, 0.2) is 5.13 Å². The molecule has 0 saturated carbocycles. The zero-order valence-electron chi connectivity index (χ0n) is 15.2. The molecule has 3 rings (SSSR count). The van der Waals surface area contributed by atoms with Crippen molar-refractivity contribution < 1.29 is 22.7 Å². The molecular weight excluding hydrogens is 434 g/mol. The molecule has 8 nitrogen and oxygen atoms in total. The van der Waals surface area contributed by atoms with Crippen molar-refractivity contribution in [3.8, 4) is 0 Å². The van der Waals surface area contributed by atoms with Crippen LogP contribution in [-0.2, 0) is 26.0 Å². The number of hydrogen-bond donors (Lipinski definition) is 2. The summed E-state index contributed by atoms with van der Waals surface area (Å²) in [6, 6.07) is 9.28. The number of ether oxygens (including phenoxy) is 1. The molecule has 29 heavy (non-hydrogen) atoms. The molecule has 2 aromatic heterocycles. The van der Waals surface area contributed by atoms with E-state index in [9.17, 15) is 18.0 Å². The maximum absolute atomic E-state index is 12.5. The van der Waals surface area contributed by atoms with Crippen molar-refractivity contribution in [2.75, 3.05) is 16.6 Å². The van der Waals surface area contributed by atoms with E-state index < -0.39 is 15.9 Å². The van der Waals surface area contributed by atoms with Gasteiger partial charge in [0.05, 0.1) is 18.7 Å². The van der Waals surface area contributed by atoms with Crippen LogP contribution in [-0.4, -0.2) is 31.9 Å². The Bertz CT molecular complexity index is 1110. The van der Waals surface area contributed by atoms with Crippen LogP contribution in [0.2, 0.25) is 0 Å². The van der Waals surface area contributed by atoms with E-state index in [1.54, 1.807) is 41.9 Å². The number of anilines is 2. The summed E-state index contributed by atoms with van der Waals surface area (Å²) < 4.78 is 32.2. The fourth-order valence-corrected chi connectivity index (χ4v) is 5.07. The molecule has 0 unspecified atom stereocenters. The third kappa shape index (κ3) is 5.62. The molecule has 0 aliphatic rings. The average Bonchev–Trinajstić information content (AvgIpc) is 3.34. The molecule has 0 spiro atoms. The first-order chi connectivity index (χ1) is 13.9. The lowest BCUT2D eigenvalue weighted by atomic mass is 10.2. The van der Waals surface area contributed by atoms with Gasteiger partial charge in [-0.25, -0.2) is 13.4 Å². The van der Waals surface area contributed by atoms with Crippen LogP contribution in [0.1, 0.15) is 23.0 Å². The fraction of sp³-hybridized carbons (Fsp3) is 0.167. The van der Waals surface area contributed by atoms with Crippen LogP contribution in [0.25, 0.3) is 0 Å². The number of thiazole rings is 1. The molecule has 11 heteroatoms. The Morgan fingerprint density at radius 3 is 2.72 bits per heavy atom. The summed E-state index contributed by atoms with van der Waals surface area (Å²) in [6.45, 7) is 2.01. The van der Waals surface area contributed by atoms with E-state index in [1.807, 2.05) is 0 Å². The molecule has 152 valence electrons. The van der Waals surface area contributed by atoms with Crippen molar-refractivity contribution in [3.63, 3.8) is 0 Å². The maximum Gasteiger partial charge on any atom is 0.311 e. The number of nitrogens with one attached hydrogen (secondary N) is 2. The second kappa shape index (κ2) is 9.16. The molecule has 1 amide bonds. The molecule has 0 saturated heterocycles. The molecule has 2 heterocycles. The van der Waals surface area contributed by atoms with Gasteiger partial charge in [0.25, 0.3) is 15.9 Å². The standard InChI is InChI=1S/C18H17N3O5S3/c1-2-26-15(22)10-14-11-28-18(19-14)20-17(23)12-5-3-6-13(9-12)21-29(24,25)16-7-4-8-27-16/h3-9,11,21H,2,10H2,1H3,(H,19,20,23). The third-order valence-electron chi connectivity index (χ3n) is 3.54. The van der Waals surface area contributed by atoms with E-state index in [0.29, 0.717) is 17.4 Å². The molecule has 0 fully saturated rings. The lowest BCUT2D eigenvalue weighted by molar-refractivity contribution is -0.142. The minimum atomic E-state index is -3.70. The molecular formula is C18H17N3O5S3. The van der Waals surface area contributed by atoms with Gasteiger partial charge in [0, 0.05) is 16.6 Å². The number of rotatable bonds is 8. The van der Waals surface area contributed by atoms with Gasteiger partial charge < -0.3 is 4.74 Å². The van der Waals surface area contributed by atoms with E-state index in [2.05, 4.69) is 15.0 Å². The van der Waals surface area contributed by atoms with Crippen molar-refractivity contribution in [1.82, 2.24) is 4.98 Å². The predicted molar refractivity (Wildman–Crippen MR) is 112 cm³/mol. The lowest BCUT2D eigenvalue weighted by Crippen LogP contribution is -2.14. The summed E-state index contributed by atoms with van der Waals surface area (Å²) in [4.78, 5) is 28.2. The van der Waals surface area contributed by atoms with Gasteiger partial charge in [0.1, 0.15) is 4.21 Å². The van der Waals surface area contributed by atoms with Gasteiger partial charge in [-0.05, 0) is 36.6 Å². The highest BCUT2D eigenvalue weighted by molar-refractivity contribution is 7.94. The van der Waals surface area contributed by atoms with Crippen LogP contribution < -0.4 is 10.0 Å². The van der Waals surface area contributed by atoms with Crippen molar-refractivity contribution in [2.24, 2.45) is 0 Å². The van der Waals surface area contributed by atoms with Crippen molar-refractivity contribution in [2.45, 2.75) is 17.6 Å². The second-order valence-corrected chi connectivity index (χ2v) is 9.41. The first-order valence-electron chi connectivity index (χ1n) is 8.45. The molecule has 0 aliphatic heterocycles. The van der Waals surface area contributed by atoms with Gasteiger partial charge in [-0.15, -0.1) is 22.7 Å². The van der Waals surface area contributed by atoms with Crippen LogP contribution >= 0.6 is 22.7 Å². The Morgan fingerprint density at radius 1 is 1.17 bits per heavy atom. The summed E-state index contributed by atoms with van der Waals surface area (Å²) in [5.41, 5.74) is 1.04. The number of hydrogen-bond acceptors (Lipinski definition) is 8.